The van der Waals surface area contributed by atoms with E-state index in [-0.39, 0.29) is 11.8 Å². The Morgan fingerprint density at radius 3 is 2.48 bits per heavy atom. The first-order valence-electron chi connectivity index (χ1n) is 9.40. The van der Waals surface area contributed by atoms with Gasteiger partial charge in [0.15, 0.2) is 0 Å². The Balaban J connectivity index is 1.50. The Labute approximate surface area is 164 Å². The van der Waals surface area contributed by atoms with Crippen LogP contribution in [-0.4, -0.2) is 58.8 Å². The van der Waals surface area contributed by atoms with Crippen LogP contribution in [0.25, 0.3) is 10.2 Å². The average molecular weight is 389 g/mol. The number of nitrogens with one attached hydrogen (secondary N) is 1. The summed E-state index contributed by atoms with van der Waals surface area (Å²) >= 11 is 1.73. The second-order valence-corrected chi connectivity index (χ2v) is 9.24. The summed E-state index contributed by atoms with van der Waals surface area (Å²) in [5.41, 5.74) is 0.555. The molecule has 1 aromatic carbocycles. The van der Waals surface area contributed by atoms with Gasteiger partial charge < -0.3 is 10.2 Å². The molecule has 1 saturated heterocycles. The number of thiazole rings is 1. The number of nitrogens with zero attached hydrogens (tertiary/aromatic N) is 3. The highest BCUT2D eigenvalue weighted by Crippen LogP contribution is 2.23. The van der Waals surface area contributed by atoms with Gasteiger partial charge in [0.05, 0.1) is 16.8 Å². The minimum atomic E-state index is -0.496. The Kier molecular flexibility index (Phi) is 5.81. The fraction of sp³-hybridized carbons (Fsp3) is 0.550. The maximum absolute atomic E-state index is 12.6. The Bertz CT molecular complexity index is 786. The van der Waals surface area contributed by atoms with Crippen molar-refractivity contribution in [3.8, 4) is 0 Å². The molecule has 1 aliphatic heterocycles. The van der Waals surface area contributed by atoms with E-state index in [2.05, 4.69) is 16.3 Å². The smallest absolute Gasteiger partial charge is 0.244 e. The molecular formula is C20H28N4O2S. The monoisotopic (exact) mass is 388 g/mol. The van der Waals surface area contributed by atoms with Crippen LogP contribution in [0.2, 0.25) is 0 Å². The quantitative estimate of drug-likeness (QED) is 0.874. The van der Waals surface area contributed by atoms with Crippen molar-refractivity contribution >= 4 is 33.4 Å². The molecule has 0 aliphatic carbocycles. The summed E-state index contributed by atoms with van der Waals surface area (Å²) in [4.78, 5) is 33.6. The van der Waals surface area contributed by atoms with E-state index < -0.39 is 11.5 Å². The SMILES string of the molecule is CC(NC(=O)C(C)(C)C)C(=O)N1CCN(Cc2nc3ccccc3s2)CC1. The topological polar surface area (TPSA) is 65.5 Å². The van der Waals surface area contributed by atoms with Crippen LogP contribution >= 0.6 is 11.3 Å². The molecule has 1 aliphatic rings. The highest BCUT2D eigenvalue weighted by Gasteiger charge is 2.29. The number of para-hydroxylation sites is 1. The van der Waals surface area contributed by atoms with E-state index in [1.165, 1.54) is 4.70 Å². The molecule has 0 radical (unpaired) electrons. The molecule has 0 spiro atoms. The summed E-state index contributed by atoms with van der Waals surface area (Å²) in [5, 5.41) is 3.94. The molecule has 1 fully saturated rings. The van der Waals surface area contributed by atoms with E-state index >= 15 is 0 Å². The van der Waals surface area contributed by atoms with Crippen LogP contribution in [-0.2, 0) is 16.1 Å². The second kappa shape index (κ2) is 7.94. The molecule has 1 aromatic heterocycles. The molecule has 146 valence electrons. The maximum Gasteiger partial charge on any atom is 0.244 e. The Hall–Kier alpha value is -1.99. The first-order chi connectivity index (χ1) is 12.7. The summed E-state index contributed by atoms with van der Waals surface area (Å²) in [6, 6.07) is 7.69. The Morgan fingerprint density at radius 1 is 1.19 bits per heavy atom. The summed E-state index contributed by atoms with van der Waals surface area (Å²) in [5.74, 6) is -0.106. The minimum Gasteiger partial charge on any atom is -0.344 e. The van der Waals surface area contributed by atoms with Gasteiger partial charge in [-0.2, -0.15) is 0 Å². The lowest BCUT2D eigenvalue weighted by atomic mass is 9.95. The minimum absolute atomic E-state index is 0.00719. The van der Waals surface area contributed by atoms with Crippen molar-refractivity contribution in [2.24, 2.45) is 5.41 Å². The van der Waals surface area contributed by atoms with Crippen molar-refractivity contribution in [3.63, 3.8) is 0 Å². The zero-order valence-corrected chi connectivity index (χ0v) is 17.3. The van der Waals surface area contributed by atoms with Crippen molar-refractivity contribution in [2.45, 2.75) is 40.3 Å². The molecule has 2 aromatic rings. The lowest BCUT2D eigenvalue weighted by Crippen LogP contribution is -2.54. The van der Waals surface area contributed by atoms with Gasteiger partial charge in [-0.3, -0.25) is 14.5 Å². The normalized spacial score (nSPS) is 17.1. The van der Waals surface area contributed by atoms with Crippen molar-refractivity contribution in [1.82, 2.24) is 20.1 Å². The van der Waals surface area contributed by atoms with Crippen LogP contribution < -0.4 is 5.32 Å². The third-order valence-corrected chi connectivity index (χ3v) is 5.80. The van der Waals surface area contributed by atoms with Gasteiger partial charge >= 0.3 is 0 Å². The van der Waals surface area contributed by atoms with Crippen LogP contribution in [0.15, 0.2) is 24.3 Å². The molecule has 2 amide bonds. The molecule has 6 nitrogen and oxygen atoms in total. The standard InChI is InChI=1S/C20H28N4O2S/c1-14(21-19(26)20(2,3)4)18(25)24-11-9-23(10-12-24)13-17-22-15-7-5-6-8-16(15)27-17/h5-8,14H,9-13H2,1-4H3,(H,21,26). The lowest BCUT2D eigenvalue weighted by molar-refractivity contribution is -0.139. The summed E-state index contributed by atoms with van der Waals surface area (Å²) < 4.78 is 1.21. The molecule has 3 rings (SSSR count). The van der Waals surface area contributed by atoms with E-state index in [1.54, 1.807) is 18.3 Å². The molecule has 0 bridgehead atoms. The number of amides is 2. The predicted octanol–water partition coefficient (Wildman–Crippen LogP) is 2.49. The van der Waals surface area contributed by atoms with Gasteiger partial charge in [0.25, 0.3) is 0 Å². The molecule has 1 atom stereocenters. The second-order valence-electron chi connectivity index (χ2n) is 8.12. The van der Waals surface area contributed by atoms with E-state index in [9.17, 15) is 9.59 Å². The molecule has 1 N–H and O–H groups in total. The first-order valence-corrected chi connectivity index (χ1v) is 10.2. The van der Waals surface area contributed by atoms with Crippen molar-refractivity contribution in [2.75, 3.05) is 26.2 Å². The van der Waals surface area contributed by atoms with Crippen LogP contribution in [0, 0.1) is 5.41 Å². The van der Waals surface area contributed by atoms with Gasteiger partial charge in [0.1, 0.15) is 11.0 Å². The van der Waals surface area contributed by atoms with Gasteiger partial charge in [0.2, 0.25) is 11.8 Å². The first kappa shape index (κ1) is 19.8. The number of hydrogen-bond acceptors (Lipinski definition) is 5. The number of hydrogen-bond donors (Lipinski definition) is 1. The van der Waals surface area contributed by atoms with Crippen molar-refractivity contribution in [1.29, 1.82) is 0 Å². The number of carbonyl (C=O) groups excluding carboxylic acids is 2. The highest BCUT2D eigenvalue weighted by atomic mass is 32.1. The molecule has 0 saturated carbocycles. The fourth-order valence-electron chi connectivity index (χ4n) is 3.05. The predicted molar refractivity (Wildman–Crippen MR) is 109 cm³/mol. The number of carbonyl (C=O) groups is 2. The zero-order valence-electron chi connectivity index (χ0n) is 16.5. The molecule has 27 heavy (non-hydrogen) atoms. The van der Waals surface area contributed by atoms with Crippen LogP contribution in [0.5, 0.6) is 0 Å². The maximum atomic E-state index is 12.6. The Morgan fingerprint density at radius 2 is 1.85 bits per heavy atom. The lowest BCUT2D eigenvalue weighted by Gasteiger charge is -2.36. The van der Waals surface area contributed by atoms with E-state index in [0.717, 1.165) is 30.2 Å². The highest BCUT2D eigenvalue weighted by molar-refractivity contribution is 7.18. The fourth-order valence-corrected chi connectivity index (χ4v) is 4.06. The summed E-state index contributed by atoms with van der Waals surface area (Å²) in [6.45, 7) is 11.1. The van der Waals surface area contributed by atoms with Crippen molar-refractivity contribution in [3.05, 3.63) is 29.3 Å². The molecule has 1 unspecified atom stereocenters. The number of rotatable bonds is 4. The summed E-state index contributed by atoms with van der Waals surface area (Å²) in [6.07, 6.45) is 0. The van der Waals surface area contributed by atoms with Gasteiger partial charge in [0, 0.05) is 31.6 Å². The number of fused-ring (bicyclic) bond motifs is 1. The van der Waals surface area contributed by atoms with Gasteiger partial charge in [-0.25, -0.2) is 4.98 Å². The average Bonchev–Trinajstić information content (AvgIpc) is 3.03. The van der Waals surface area contributed by atoms with E-state index in [4.69, 9.17) is 4.98 Å². The van der Waals surface area contributed by atoms with Crippen LogP contribution in [0.1, 0.15) is 32.7 Å². The summed E-state index contributed by atoms with van der Waals surface area (Å²) in [7, 11) is 0. The van der Waals surface area contributed by atoms with Gasteiger partial charge in [-0.15, -0.1) is 11.3 Å². The van der Waals surface area contributed by atoms with Gasteiger partial charge in [-0.05, 0) is 19.1 Å². The molecule has 7 heteroatoms. The zero-order chi connectivity index (χ0) is 19.6. The number of piperazine rings is 1. The van der Waals surface area contributed by atoms with Gasteiger partial charge in [-0.1, -0.05) is 32.9 Å². The number of aromatic nitrogens is 1. The van der Waals surface area contributed by atoms with E-state index in [1.807, 2.05) is 43.9 Å². The third-order valence-electron chi connectivity index (χ3n) is 4.78. The van der Waals surface area contributed by atoms with Crippen LogP contribution in [0.4, 0.5) is 0 Å². The number of benzene rings is 1. The van der Waals surface area contributed by atoms with Crippen molar-refractivity contribution < 1.29 is 9.59 Å². The van der Waals surface area contributed by atoms with Crippen LogP contribution in [0.3, 0.4) is 0 Å². The largest absolute Gasteiger partial charge is 0.344 e. The molecular weight excluding hydrogens is 360 g/mol. The molecule has 2 heterocycles. The van der Waals surface area contributed by atoms with E-state index in [0.29, 0.717) is 13.1 Å². The third kappa shape index (κ3) is 4.84.